The number of hydrogen-bond acceptors (Lipinski definition) is 1. The Labute approximate surface area is 94.9 Å². The summed E-state index contributed by atoms with van der Waals surface area (Å²) in [5.41, 5.74) is 2.13. The Bertz CT molecular complexity index is 596. The molecule has 0 aliphatic rings. The van der Waals surface area contributed by atoms with Crippen LogP contribution in [0.2, 0.25) is 0 Å². The second-order valence-corrected chi connectivity index (χ2v) is 3.66. The van der Waals surface area contributed by atoms with Gasteiger partial charge in [0, 0.05) is 24.9 Å². The van der Waals surface area contributed by atoms with Crippen molar-refractivity contribution in [3.05, 3.63) is 36.0 Å². The molecule has 2 rings (SSSR count). The summed E-state index contributed by atoms with van der Waals surface area (Å²) in [6.07, 6.45) is 2.55. The van der Waals surface area contributed by atoms with Gasteiger partial charge >= 0.3 is 0 Å². The summed E-state index contributed by atoms with van der Waals surface area (Å²) < 4.78 is 1.66. The predicted octanol–water partition coefficient (Wildman–Crippen LogP) is 2.87. The largest absolute Gasteiger partial charge is 0.287 e. The molecule has 2 heteroatoms. The zero-order chi connectivity index (χ0) is 11.5. The second kappa shape index (κ2) is 4.24. The minimum absolute atomic E-state index is 0.0359. The molecule has 0 bridgehead atoms. The zero-order valence-corrected chi connectivity index (χ0v) is 9.45. The summed E-state index contributed by atoms with van der Waals surface area (Å²) in [5.74, 6) is 5.97. The average molecular weight is 211 g/mol. The Morgan fingerprint density at radius 3 is 2.88 bits per heavy atom. The third-order valence-corrected chi connectivity index (χ3v) is 2.62. The van der Waals surface area contributed by atoms with Gasteiger partial charge in [0.2, 0.25) is 5.91 Å². The first-order valence-electron chi connectivity index (χ1n) is 5.23. The standard InChI is InChI=1S/C14H13NO/c1-3-4-6-12-7-5-8-14-13(12)9-10-15(14)11(2)16/h5,7-10H,6H2,1-2H3. The molecule has 1 heterocycles. The van der Waals surface area contributed by atoms with E-state index in [0.717, 1.165) is 17.3 Å². The first-order valence-corrected chi connectivity index (χ1v) is 5.23. The van der Waals surface area contributed by atoms with Gasteiger partial charge in [-0.05, 0) is 24.6 Å². The number of carbonyl (C=O) groups excluding carboxylic acids is 1. The number of carbonyl (C=O) groups is 1. The van der Waals surface area contributed by atoms with Gasteiger partial charge in [-0.25, -0.2) is 0 Å². The van der Waals surface area contributed by atoms with E-state index < -0.39 is 0 Å². The van der Waals surface area contributed by atoms with Crippen LogP contribution in [0.5, 0.6) is 0 Å². The third kappa shape index (κ3) is 1.72. The molecule has 16 heavy (non-hydrogen) atoms. The third-order valence-electron chi connectivity index (χ3n) is 2.62. The van der Waals surface area contributed by atoms with Crippen LogP contribution in [-0.2, 0) is 6.42 Å². The van der Waals surface area contributed by atoms with Crippen LogP contribution in [0.25, 0.3) is 10.9 Å². The molecule has 80 valence electrons. The molecule has 1 aromatic carbocycles. The maximum Gasteiger partial charge on any atom is 0.227 e. The van der Waals surface area contributed by atoms with E-state index >= 15 is 0 Å². The van der Waals surface area contributed by atoms with Gasteiger partial charge in [0.15, 0.2) is 0 Å². The van der Waals surface area contributed by atoms with Crippen molar-refractivity contribution in [1.29, 1.82) is 0 Å². The fourth-order valence-electron chi connectivity index (χ4n) is 1.84. The van der Waals surface area contributed by atoms with E-state index in [1.807, 2.05) is 31.3 Å². The van der Waals surface area contributed by atoms with Gasteiger partial charge in [-0.2, -0.15) is 0 Å². The molecule has 0 atom stereocenters. The summed E-state index contributed by atoms with van der Waals surface area (Å²) >= 11 is 0. The van der Waals surface area contributed by atoms with Crippen LogP contribution >= 0.6 is 0 Å². The molecule has 0 amide bonds. The van der Waals surface area contributed by atoms with Crippen LogP contribution in [-0.4, -0.2) is 10.5 Å². The van der Waals surface area contributed by atoms with Gasteiger partial charge in [0.1, 0.15) is 0 Å². The summed E-state index contributed by atoms with van der Waals surface area (Å²) in [6, 6.07) is 7.95. The molecule has 0 saturated carbocycles. The highest BCUT2D eigenvalue weighted by atomic mass is 16.1. The Morgan fingerprint density at radius 2 is 2.19 bits per heavy atom. The minimum atomic E-state index is 0.0359. The van der Waals surface area contributed by atoms with Crippen LogP contribution < -0.4 is 0 Å². The van der Waals surface area contributed by atoms with E-state index in [1.165, 1.54) is 5.56 Å². The van der Waals surface area contributed by atoms with Gasteiger partial charge in [-0.3, -0.25) is 9.36 Å². The number of nitrogens with zero attached hydrogens (tertiary/aromatic N) is 1. The van der Waals surface area contributed by atoms with E-state index in [4.69, 9.17) is 0 Å². The van der Waals surface area contributed by atoms with Gasteiger partial charge in [0.25, 0.3) is 0 Å². The predicted molar refractivity (Wildman–Crippen MR) is 65.4 cm³/mol. The monoisotopic (exact) mass is 211 g/mol. The maximum atomic E-state index is 11.4. The molecule has 2 aromatic rings. The molecule has 0 radical (unpaired) electrons. The average Bonchev–Trinajstić information content (AvgIpc) is 2.70. The van der Waals surface area contributed by atoms with Gasteiger partial charge < -0.3 is 0 Å². The number of aromatic nitrogens is 1. The molecule has 2 nitrogen and oxygen atoms in total. The quantitative estimate of drug-likeness (QED) is 0.665. The van der Waals surface area contributed by atoms with Crippen molar-refractivity contribution in [1.82, 2.24) is 4.57 Å². The van der Waals surface area contributed by atoms with E-state index in [0.29, 0.717) is 0 Å². The SMILES string of the molecule is CC#CCc1cccc2c1ccn2C(C)=O. The highest BCUT2D eigenvalue weighted by Crippen LogP contribution is 2.20. The molecule has 0 N–H and O–H groups in total. The first-order chi connectivity index (χ1) is 7.74. The number of hydrogen-bond donors (Lipinski definition) is 0. The Morgan fingerprint density at radius 1 is 1.38 bits per heavy atom. The van der Waals surface area contributed by atoms with E-state index in [-0.39, 0.29) is 5.91 Å². The number of benzene rings is 1. The lowest BCUT2D eigenvalue weighted by atomic mass is 10.1. The van der Waals surface area contributed by atoms with Crippen molar-refractivity contribution in [2.24, 2.45) is 0 Å². The van der Waals surface area contributed by atoms with Crippen LogP contribution in [0.3, 0.4) is 0 Å². The molecule has 1 aromatic heterocycles. The normalized spacial score (nSPS) is 9.88. The molecule has 0 saturated heterocycles. The van der Waals surface area contributed by atoms with Gasteiger partial charge in [0.05, 0.1) is 5.52 Å². The second-order valence-electron chi connectivity index (χ2n) is 3.66. The van der Waals surface area contributed by atoms with Crippen LogP contribution in [0, 0.1) is 11.8 Å². The van der Waals surface area contributed by atoms with Crippen LogP contribution in [0.1, 0.15) is 24.2 Å². The molecule has 0 fully saturated rings. The topological polar surface area (TPSA) is 22.0 Å². The van der Waals surface area contributed by atoms with Crippen molar-refractivity contribution in [3.63, 3.8) is 0 Å². The lowest BCUT2D eigenvalue weighted by molar-refractivity contribution is 0.0941. The Hall–Kier alpha value is -2.01. The van der Waals surface area contributed by atoms with Crippen molar-refractivity contribution in [2.75, 3.05) is 0 Å². The molecular formula is C14H13NO. The summed E-state index contributed by atoms with van der Waals surface area (Å²) in [7, 11) is 0. The van der Waals surface area contributed by atoms with Gasteiger partial charge in [-0.15, -0.1) is 5.92 Å². The lowest BCUT2D eigenvalue weighted by Crippen LogP contribution is -2.02. The van der Waals surface area contributed by atoms with Crippen LogP contribution in [0.15, 0.2) is 30.5 Å². The lowest BCUT2D eigenvalue weighted by Gasteiger charge is -2.01. The number of fused-ring (bicyclic) bond motifs is 1. The summed E-state index contributed by atoms with van der Waals surface area (Å²) in [4.78, 5) is 11.4. The summed E-state index contributed by atoms with van der Waals surface area (Å²) in [5, 5.41) is 1.11. The first kappa shape index (κ1) is 10.5. The molecule has 0 unspecified atom stereocenters. The van der Waals surface area contributed by atoms with Crippen molar-refractivity contribution in [3.8, 4) is 11.8 Å². The molecule has 0 aliphatic carbocycles. The van der Waals surface area contributed by atoms with E-state index in [9.17, 15) is 4.79 Å². The van der Waals surface area contributed by atoms with Crippen LogP contribution in [0.4, 0.5) is 0 Å². The maximum absolute atomic E-state index is 11.4. The number of rotatable bonds is 1. The van der Waals surface area contributed by atoms with Crippen molar-refractivity contribution < 1.29 is 4.79 Å². The minimum Gasteiger partial charge on any atom is -0.287 e. The molecule has 0 aliphatic heterocycles. The summed E-state index contributed by atoms with van der Waals surface area (Å²) in [6.45, 7) is 3.40. The fraction of sp³-hybridized carbons (Fsp3) is 0.214. The fourth-order valence-corrected chi connectivity index (χ4v) is 1.84. The molecular weight excluding hydrogens is 198 g/mol. The molecule has 0 spiro atoms. The smallest absolute Gasteiger partial charge is 0.227 e. The zero-order valence-electron chi connectivity index (χ0n) is 9.45. The van der Waals surface area contributed by atoms with Crippen molar-refractivity contribution in [2.45, 2.75) is 20.3 Å². The van der Waals surface area contributed by atoms with Gasteiger partial charge in [-0.1, -0.05) is 18.1 Å². The van der Waals surface area contributed by atoms with E-state index in [1.54, 1.807) is 11.5 Å². The Kier molecular flexibility index (Phi) is 2.78. The van der Waals surface area contributed by atoms with E-state index in [2.05, 4.69) is 17.9 Å². The highest BCUT2D eigenvalue weighted by Gasteiger charge is 2.06. The highest BCUT2D eigenvalue weighted by molar-refractivity contribution is 5.93. The Balaban J connectivity index is 2.60. The van der Waals surface area contributed by atoms with Crippen molar-refractivity contribution >= 4 is 16.8 Å².